The Balaban J connectivity index is 3.79. The molecule has 0 spiro atoms. The van der Waals surface area contributed by atoms with E-state index >= 15 is 0 Å². The molecule has 0 aliphatic heterocycles. The van der Waals surface area contributed by atoms with E-state index in [2.05, 4.69) is 12.2 Å². The van der Waals surface area contributed by atoms with Gasteiger partial charge in [0.15, 0.2) is 0 Å². The molecule has 0 aromatic heterocycles. The number of aliphatic carboxylic acids is 1. The first-order chi connectivity index (χ1) is 8.51. The van der Waals surface area contributed by atoms with Crippen LogP contribution < -0.4 is 5.32 Å². The van der Waals surface area contributed by atoms with Gasteiger partial charge in [-0.15, -0.1) is 0 Å². The summed E-state index contributed by atoms with van der Waals surface area (Å²) in [5, 5.41) is 11.5. The van der Waals surface area contributed by atoms with Crippen LogP contribution in [0.5, 0.6) is 0 Å². The molecule has 0 saturated carbocycles. The fourth-order valence-electron chi connectivity index (χ4n) is 1.84. The van der Waals surface area contributed by atoms with Gasteiger partial charge >= 0.3 is 12.0 Å². The summed E-state index contributed by atoms with van der Waals surface area (Å²) in [5.41, 5.74) is 0. The zero-order valence-electron chi connectivity index (χ0n) is 11.7. The Morgan fingerprint density at radius 1 is 1.28 bits per heavy atom. The molecule has 0 radical (unpaired) electrons. The summed E-state index contributed by atoms with van der Waals surface area (Å²) >= 11 is 0. The van der Waals surface area contributed by atoms with Crippen LogP contribution in [0, 0.1) is 5.92 Å². The predicted octanol–water partition coefficient (Wildman–Crippen LogP) is 2.32. The van der Waals surface area contributed by atoms with E-state index in [0.29, 0.717) is 18.9 Å². The Kier molecular flexibility index (Phi) is 9.06. The second kappa shape index (κ2) is 9.74. The summed E-state index contributed by atoms with van der Waals surface area (Å²) in [7, 11) is 1.78. The molecule has 0 aliphatic rings. The normalized spacial score (nSPS) is 11.9. The number of nitrogens with one attached hydrogen (secondary N) is 1. The molecule has 0 saturated heterocycles. The van der Waals surface area contributed by atoms with Crippen molar-refractivity contribution < 1.29 is 14.7 Å². The molecule has 106 valence electrons. The van der Waals surface area contributed by atoms with E-state index < -0.39 is 5.97 Å². The van der Waals surface area contributed by atoms with Gasteiger partial charge in [-0.25, -0.2) is 4.79 Å². The molecule has 0 fully saturated rings. The molecule has 0 rings (SSSR count). The number of carboxylic acid groups (broad SMARTS) is 1. The summed E-state index contributed by atoms with van der Waals surface area (Å²) in [4.78, 5) is 23.7. The third-order valence-corrected chi connectivity index (χ3v) is 3.08. The molecule has 18 heavy (non-hydrogen) atoms. The van der Waals surface area contributed by atoms with Gasteiger partial charge in [-0.05, 0) is 25.2 Å². The van der Waals surface area contributed by atoms with Crippen LogP contribution in [0.3, 0.4) is 0 Å². The highest BCUT2D eigenvalue weighted by atomic mass is 16.4. The molecule has 0 aromatic carbocycles. The van der Waals surface area contributed by atoms with Crippen molar-refractivity contribution in [3.63, 3.8) is 0 Å². The molecule has 0 bridgehead atoms. The Labute approximate surface area is 110 Å². The summed E-state index contributed by atoms with van der Waals surface area (Å²) < 4.78 is 0. The lowest BCUT2D eigenvalue weighted by atomic mass is 9.97. The lowest BCUT2D eigenvalue weighted by molar-refractivity contribution is -0.137. The molecule has 0 aliphatic carbocycles. The molecule has 0 aromatic rings. The van der Waals surface area contributed by atoms with E-state index in [4.69, 9.17) is 5.11 Å². The molecule has 2 amide bonds. The van der Waals surface area contributed by atoms with Gasteiger partial charge in [0, 0.05) is 26.6 Å². The van der Waals surface area contributed by atoms with Gasteiger partial charge in [0.1, 0.15) is 0 Å². The van der Waals surface area contributed by atoms with E-state index in [1.807, 2.05) is 6.92 Å². The van der Waals surface area contributed by atoms with Crippen LogP contribution in [0.25, 0.3) is 0 Å². The Morgan fingerprint density at radius 2 is 1.94 bits per heavy atom. The average molecular weight is 258 g/mol. The maximum Gasteiger partial charge on any atom is 0.317 e. The van der Waals surface area contributed by atoms with Gasteiger partial charge in [-0.3, -0.25) is 4.79 Å². The highest BCUT2D eigenvalue weighted by Gasteiger charge is 2.11. The van der Waals surface area contributed by atoms with Crippen LogP contribution >= 0.6 is 0 Å². The zero-order chi connectivity index (χ0) is 14.0. The molecule has 5 heteroatoms. The Hall–Kier alpha value is -1.26. The van der Waals surface area contributed by atoms with E-state index in [1.165, 1.54) is 0 Å². The van der Waals surface area contributed by atoms with Gasteiger partial charge in [-0.1, -0.05) is 20.3 Å². The SMILES string of the molecule is CCCN(C)C(=O)NCCC(CC)CCC(=O)O. The number of carbonyl (C=O) groups is 2. The molecule has 5 nitrogen and oxygen atoms in total. The number of nitrogens with zero attached hydrogens (tertiary/aromatic N) is 1. The van der Waals surface area contributed by atoms with Gasteiger partial charge in [0.05, 0.1) is 0 Å². The lowest BCUT2D eigenvalue weighted by Gasteiger charge is -2.18. The second-order valence-electron chi connectivity index (χ2n) is 4.65. The van der Waals surface area contributed by atoms with Gasteiger partial charge in [0.25, 0.3) is 0 Å². The van der Waals surface area contributed by atoms with Crippen molar-refractivity contribution in [3.05, 3.63) is 0 Å². The standard InChI is InChI=1S/C13H26N2O3/c1-4-10-15(3)13(18)14-9-8-11(5-2)6-7-12(16)17/h11H,4-10H2,1-3H3,(H,14,18)(H,16,17). The van der Waals surface area contributed by atoms with Crippen molar-refractivity contribution in [1.82, 2.24) is 10.2 Å². The first-order valence-corrected chi connectivity index (χ1v) is 6.71. The number of carboxylic acids is 1. The van der Waals surface area contributed by atoms with E-state index in [0.717, 1.165) is 25.8 Å². The molecule has 0 heterocycles. The van der Waals surface area contributed by atoms with E-state index in [9.17, 15) is 9.59 Å². The molecule has 2 N–H and O–H groups in total. The van der Waals surface area contributed by atoms with Gasteiger partial charge in [0.2, 0.25) is 0 Å². The smallest absolute Gasteiger partial charge is 0.317 e. The van der Waals surface area contributed by atoms with Crippen molar-refractivity contribution in [3.8, 4) is 0 Å². The monoisotopic (exact) mass is 258 g/mol. The van der Waals surface area contributed by atoms with Gasteiger partial charge in [-0.2, -0.15) is 0 Å². The Bertz CT molecular complexity index is 257. The first-order valence-electron chi connectivity index (χ1n) is 6.71. The van der Waals surface area contributed by atoms with Crippen molar-refractivity contribution in [2.75, 3.05) is 20.1 Å². The minimum atomic E-state index is -0.750. The van der Waals surface area contributed by atoms with E-state index in [1.54, 1.807) is 11.9 Å². The third kappa shape index (κ3) is 7.92. The molecule has 1 unspecified atom stereocenters. The minimum absolute atomic E-state index is 0.0510. The highest BCUT2D eigenvalue weighted by molar-refractivity contribution is 5.73. The predicted molar refractivity (Wildman–Crippen MR) is 71.6 cm³/mol. The number of amides is 2. The zero-order valence-corrected chi connectivity index (χ0v) is 11.7. The lowest BCUT2D eigenvalue weighted by Crippen LogP contribution is -2.38. The third-order valence-electron chi connectivity index (χ3n) is 3.08. The largest absolute Gasteiger partial charge is 0.481 e. The number of urea groups is 1. The summed E-state index contributed by atoms with van der Waals surface area (Å²) in [6, 6.07) is -0.0510. The van der Waals surface area contributed by atoms with Crippen LogP contribution in [0.4, 0.5) is 4.79 Å². The number of hydrogen-bond acceptors (Lipinski definition) is 2. The summed E-state index contributed by atoms with van der Waals surface area (Å²) in [6.07, 6.45) is 3.64. The fourth-order valence-corrected chi connectivity index (χ4v) is 1.84. The maximum absolute atomic E-state index is 11.6. The van der Waals surface area contributed by atoms with E-state index in [-0.39, 0.29) is 12.5 Å². The van der Waals surface area contributed by atoms with Crippen LogP contribution in [0.2, 0.25) is 0 Å². The molecular weight excluding hydrogens is 232 g/mol. The fraction of sp³-hybridized carbons (Fsp3) is 0.846. The van der Waals surface area contributed by atoms with Crippen LogP contribution in [-0.4, -0.2) is 42.1 Å². The van der Waals surface area contributed by atoms with Crippen molar-refractivity contribution >= 4 is 12.0 Å². The number of hydrogen-bond donors (Lipinski definition) is 2. The van der Waals surface area contributed by atoms with Gasteiger partial charge < -0.3 is 15.3 Å². The van der Waals surface area contributed by atoms with Crippen LogP contribution in [0.15, 0.2) is 0 Å². The van der Waals surface area contributed by atoms with Crippen molar-refractivity contribution in [1.29, 1.82) is 0 Å². The summed E-state index contributed by atoms with van der Waals surface area (Å²) in [5.74, 6) is -0.377. The summed E-state index contributed by atoms with van der Waals surface area (Å²) in [6.45, 7) is 5.45. The highest BCUT2D eigenvalue weighted by Crippen LogP contribution is 2.14. The average Bonchev–Trinajstić information content (AvgIpc) is 2.33. The van der Waals surface area contributed by atoms with Crippen LogP contribution in [-0.2, 0) is 4.79 Å². The second-order valence-corrected chi connectivity index (χ2v) is 4.65. The topological polar surface area (TPSA) is 69.6 Å². The number of carbonyl (C=O) groups excluding carboxylic acids is 1. The van der Waals surface area contributed by atoms with Crippen molar-refractivity contribution in [2.45, 2.75) is 46.0 Å². The molecular formula is C13H26N2O3. The number of rotatable bonds is 9. The van der Waals surface area contributed by atoms with Crippen molar-refractivity contribution in [2.24, 2.45) is 5.92 Å². The van der Waals surface area contributed by atoms with Crippen LogP contribution in [0.1, 0.15) is 46.0 Å². The molecule has 1 atom stereocenters. The minimum Gasteiger partial charge on any atom is -0.481 e. The maximum atomic E-state index is 11.6. The Morgan fingerprint density at radius 3 is 2.44 bits per heavy atom. The first kappa shape index (κ1) is 16.7. The quantitative estimate of drug-likeness (QED) is 0.667.